The van der Waals surface area contributed by atoms with Crippen LogP contribution >= 0.6 is 0 Å². The summed E-state index contributed by atoms with van der Waals surface area (Å²) >= 11 is 0. The number of anilines is 1. The van der Waals surface area contributed by atoms with E-state index in [0.717, 1.165) is 24.7 Å². The molecule has 0 spiro atoms. The van der Waals surface area contributed by atoms with Gasteiger partial charge in [-0.15, -0.1) is 0 Å². The number of rotatable bonds is 4. The molecule has 17 heavy (non-hydrogen) atoms. The molecule has 1 aromatic rings. The molecule has 1 aliphatic rings. The second-order valence-electron chi connectivity index (χ2n) is 5.06. The molecule has 0 saturated heterocycles. The van der Waals surface area contributed by atoms with Gasteiger partial charge < -0.3 is 5.73 Å². The molecule has 1 atom stereocenters. The van der Waals surface area contributed by atoms with Crippen LogP contribution in [0.15, 0.2) is 18.2 Å². The van der Waals surface area contributed by atoms with Gasteiger partial charge in [-0.3, -0.25) is 4.90 Å². The van der Waals surface area contributed by atoms with Crippen molar-refractivity contribution in [1.29, 1.82) is 0 Å². The summed E-state index contributed by atoms with van der Waals surface area (Å²) in [6, 6.07) is 7.06. The molecule has 1 heterocycles. The Morgan fingerprint density at radius 1 is 1.35 bits per heavy atom. The highest BCUT2D eigenvalue weighted by Crippen LogP contribution is 2.27. The standard InChI is InChI=1S/C15H24N2/c1-3-6-13(4-2)17-10-9-12-7-5-8-15(16)14(12)11-17/h5,7-8,13H,3-4,6,9-11,16H2,1-2H3. The molecular formula is C15H24N2. The molecular weight excluding hydrogens is 208 g/mol. The highest BCUT2D eigenvalue weighted by Gasteiger charge is 2.22. The summed E-state index contributed by atoms with van der Waals surface area (Å²) in [7, 11) is 0. The Labute approximate surface area is 105 Å². The van der Waals surface area contributed by atoms with Gasteiger partial charge in [0.15, 0.2) is 0 Å². The molecule has 2 heteroatoms. The van der Waals surface area contributed by atoms with Crippen LogP contribution in [0.25, 0.3) is 0 Å². The van der Waals surface area contributed by atoms with Gasteiger partial charge in [0, 0.05) is 24.8 Å². The van der Waals surface area contributed by atoms with Crippen LogP contribution in [-0.4, -0.2) is 17.5 Å². The monoisotopic (exact) mass is 232 g/mol. The number of nitrogens with zero attached hydrogens (tertiary/aromatic N) is 1. The first-order chi connectivity index (χ1) is 8.26. The van der Waals surface area contributed by atoms with Gasteiger partial charge in [-0.25, -0.2) is 0 Å². The fraction of sp³-hybridized carbons (Fsp3) is 0.600. The van der Waals surface area contributed by atoms with Crippen molar-refractivity contribution in [1.82, 2.24) is 4.90 Å². The van der Waals surface area contributed by atoms with Crippen LogP contribution in [0.2, 0.25) is 0 Å². The van der Waals surface area contributed by atoms with E-state index < -0.39 is 0 Å². The number of hydrogen-bond donors (Lipinski definition) is 1. The number of nitrogens with two attached hydrogens (primary N) is 1. The van der Waals surface area contributed by atoms with E-state index in [1.165, 1.54) is 36.9 Å². The van der Waals surface area contributed by atoms with E-state index in [1.54, 1.807) is 0 Å². The van der Waals surface area contributed by atoms with Crippen LogP contribution in [0.4, 0.5) is 5.69 Å². The molecule has 0 fully saturated rings. The van der Waals surface area contributed by atoms with Crippen molar-refractivity contribution in [3.63, 3.8) is 0 Å². The number of benzene rings is 1. The van der Waals surface area contributed by atoms with Crippen molar-refractivity contribution in [3.8, 4) is 0 Å². The zero-order valence-corrected chi connectivity index (χ0v) is 11.1. The molecule has 2 N–H and O–H groups in total. The molecule has 0 bridgehead atoms. The molecule has 0 amide bonds. The zero-order valence-electron chi connectivity index (χ0n) is 11.1. The van der Waals surface area contributed by atoms with Crippen LogP contribution in [-0.2, 0) is 13.0 Å². The Hall–Kier alpha value is -1.02. The van der Waals surface area contributed by atoms with E-state index in [-0.39, 0.29) is 0 Å². The van der Waals surface area contributed by atoms with Crippen molar-refractivity contribution in [2.75, 3.05) is 12.3 Å². The lowest BCUT2D eigenvalue weighted by atomic mass is 9.95. The largest absolute Gasteiger partial charge is 0.398 e. The Balaban J connectivity index is 2.14. The van der Waals surface area contributed by atoms with E-state index >= 15 is 0 Å². The Bertz CT molecular complexity index is 373. The van der Waals surface area contributed by atoms with Gasteiger partial charge in [-0.05, 0) is 36.5 Å². The average Bonchev–Trinajstić information content (AvgIpc) is 2.36. The van der Waals surface area contributed by atoms with E-state index in [0.29, 0.717) is 0 Å². The van der Waals surface area contributed by atoms with Gasteiger partial charge in [0.05, 0.1) is 0 Å². The predicted molar refractivity (Wildman–Crippen MR) is 74.0 cm³/mol. The summed E-state index contributed by atoms with van der Waals surface area (Å²) < 4.78 is 0. The van der Waals surface area contributed by atoms with Gasteiger partial charge >= 0.3 is 0 Å². The summed E-state index contributed by atoms with van der Waals surface area (Å²) in [5.41, 5.74) is 9.88. The summed E-state index contributed by atoms with van der Waals surface area (Å²) in [5.74, 6) is 0. The topological polar surface area (TPSA) is 29.3 Å². The van der Waals surface area contributed by atoms with Crippen molar-refractivity contribution >= 4 is 5.69 Å². The third-order valence-corrected chi connectivity index (χ3v) is 3.95. The lowest BCUT2D eigenvalue weighted by Gasteiger charge is -2.35. The van der Waals surface area contributed by atoms with Crippen LogP contribution in [0.5, 0.6) is 0 Å². The Kier molecular flexibility index (Phi) is 4.06. The third-order valence-electron chi connectivity index (χ3n) is 3.95. The minimum absolute atomic E-state index is 0.729. The number of nitrogen functional groups attached to an aromatic ring is 1. The Morgan fingerprint density at radius 2 is 2.18 bits per heavy atom. The van der Waals surface area contributed by atoms with Crippen molar-refractivity contribution < 1.29 is 0 Å². The summed E-state index contributed by atoms with van der Waals surface area (Å²) in [4.78, 5) is 2.61. The molecule has 2 rings (SSSR count). The van der Waals surface area contributed by atoms with Gasteiger partial charge in [0.25, 0.3) is 0 Å². The smallest absolute Gasteiger partial charge is 0.0362 e. The maximum Gasteiger partial charge on any atom is 0.0362 e. The van der Waals surface area contributed by atoms with Gasteiger partial charge in [-0.1, -0.05) is 32.4 Å². The molecule has 1 unspecified atom stereocenters. The zero-order chi connectivity index (χ0) is 12.3. The third kappa shape index (κ3) is 2.63. The SMILES string of the molecule is CCCC(CC)N1CCc2cccc(N)c2C1. The molecule has 2 nitrogen and oxygen atoms in total. The quantitative estimate of drug-likeness (QED) is 0.808. The fourth-order valence-corrected chi connectivity index (χ4v) is 2.92. The lowest BCUT2D eigenvalue weighted by molar-refractivity contribution is 0.164. The van der Waals surface area contributed by atoms with E-state index in [2.05, 4.69) is 30.9 Å². The van der Waals surface area contributed by atoms with E-state index in [9.17, 15) is 0 Å². The minimum atomic E-state index is 0.729. The normalized spacial score (nSPS) is 17.8. The summed E-state index contributed by atoms with van der Waals surface area (Å²) in [6.45, 7) is 6.80. The van der Waals surface area contributed by atoms with Crippen LogP contribution in [0, 0.1) is 0 Å². The van der Waals surface area contributed by atoms with Crippen LogP contribution in [0.3, 0.4) is 0 Å². The fourth-order valence-electron chi connectivity index (χ4n) is 2.92. The maximum atomic E-state index is 6.09. The highest BCUT2D eigenvalue weighted by molar-refractivity contribution is 5.51. The van der Waals surface area contributed by atoms with Gasteiger partial charge in [-0.2, -0.15) is 0 Å². The second kappa shape index (κ2) is 5.54. The molecule has 1 aromatic carbocycles. The molecule has 94 valence electrons. The first-order valence-electron chi connectivity index (χ1n) is 6.86. The Morgan fingerprint density at radius 3 is 2.88 bits per heavy atom. The van der Waals surface area contributed by atoms with Gasteiger partial charge in [0.2, 0.25) is 0 Å². The first-order valence-corrected chi connectivity index (χ1v) is 6.86. The molecule has 0 aromatic heterocycles. The summed E-state index contributed by atoms with van der Waals surface area (Å²) in [6.07, 6.45) is 4.97. The second-order valence-corrected chi connectivity index (χ2v) is 5.06. The first kappa shape index (κ1) is 12.4. The number of hydrogen-bond acceptors (Lipinski definition) is 2. The molecule has 1 aliphatic heterocycles. The predicted octanol–water partition coefficient (Wildman–Crippen LogP) is 3.21. The van der Waals surface area contributed by atoms with E-state index in [1.807, 2.05) is 6.07 Å². The summed E-state index contributed by atoms with van der Waals surface area (Å²) in [5, 5.41) is 0. The van der Waals surface area contributed by atoms with Crippen molar-refractivity contribution in [3.05, 3.63) is 29.3 Å². The minimum Gasteiger partial charge on any atom is -0.398 e. The maximum absolute atomic E-state index is 6.09. The number of fused-ring (bicyclic) bond motifs is 1. The molecule has 0 radical (unpaired) electrons. The average molecular weight is 232 g/mol. The van der Waals surface area contributed by atoms with E-state index in [4.69, 9.17) is 5.73 Å². The van der Waals surface area contributed by atoms with Crippen molar-refractivity contribution in [2.45, 2.75) is 52.1 Å². The highest BCUT2D eigenvalue weighted by atomic mass is 15.2. The van der Waals surface area contributed by atoms with Crippen molar-refractivity contribution in [2.24, 2.45) is 0 Å². The van der Waals surface area contributed by atoms with Gasteiger partial charge in [0.1, 0.15) is 0 Å². The lowest BCUT2D eigenvalue weighted by Crippen LogP contribution is -2.39. The van der Waals surface area contributed by atoms with Crippen LogP contribution in [0.1, 0.15) is 44.2 Å². The molecule has 0 saturated carbocycles. The van der Waals surface area contributed by atoms with Crippen LogP contribution < -0.4 is 5.73 Å². The molecule has 0 aliphatic carbocycles.